The van der Waals surface area contributed by atoms with E-state index in [4.69, 9.17) is 28.3 Å². The summed E-state index contributed by atoms with van der Waals surface area (Å²) in [4.78, 5) is 11.8. The zero-order valence-electron chi connectivity index (χ0n) is 10.9. The fourth-order valence-electron chi connectivity index (χ4n) is 1.60. The number of nitrogens with two attached hydrogens (primary N) is 1. The average Bonchev–Trinajstić information content (AvgIpc) is 2.30. The highest BCUT2D eigenvalue weighted by molar-refractivity contribution is 7.89. The fourth-order valence-corrected chi connectivity index (χ4v) is 2.47. The summed E-state index contributed by atoms with van der Waals surface area (Å²) in [5, 5.41) is 8.40. The smallest absolute Gasteiger partial charge is 0.223 e. The maximum atomic E-state index is 11.8. The minimum Gasteiger partial charge on any atom is -0.355 e. The molecule has 1 aromatic rings. The summed E-state index contributed by atoms with van der Waals surface area (Å²) in [5.41, 5.74) is 0.810. The molecule has 0 heterocycles. The summed E-state index contributed by atoms with van der Waals surface area (Å²) < 4.78 is 21.5. The number of benzene rings is 1. The lowest BCUT2D eigenvalue weighted by Gasteiger charge is -2.13. The van der Waals surface area contributed by atoms with E-state index in [1.54, 1.807) is 25.1 Å². The number of carbonyl (C=O) groups is 1. The highest BCUT2D eigenvalue weighted by Gasteiger charge is 2.15. The first-order valence-corrected chi connectivity index (χ1v) is 8.38. The van der Waals surface area contributed by atoms with Crippen LogP contribution < -0.4 is 10.5 Å². The van der Waals surface area contributed by atoms with E-state index in [1.807, 2.05) is 0 Å². The molecule has 0 aromatic heterocycles. The van der Waals surface area contributed by atoms with Gasteiger partial charge in [0.05, 0.1) is 5.75 Å². The Morgan fingerprint density at radius 1 is 1.40 bits per heavy atom. The molecule has 0 spiro atoms. The largest absolute Gasteiger partial charge is 0.355 e. The highest BCUT2D eigenvalue weighted by Crippen LogP contribution is 2.23. The number of nitrogens with one attached hydrogen (secondary N) is 1. The van der Waals surface area contributed by atoms with Crippen LogP contribution in [0.3, 0.4) is 0 Å². The van der Waals surface area contributed by atoms with Gasteiger partial charge in [0.25, 0.3) is 0 Å². The first-order valence-electron chi connectivity index (χ1n) is 5.91. The van der Waals surface area contributed by atoms with Crippen molar-refractivity contribution >= 4 is 39.1 Å². The third-order valence-electron chi connectivity index (χ3n) is 2.67. The van der Waals surface area contributed by atoms with Crippen molar-refractivity contribution < 1.29 is 13.2 Å². The highest BCUT2D eigenvalue weighted by atomic mass is 35.5. The van der Waals surface area contributed by atoms with E-state index in [1.165, 1.54) is 0 Å². The second-order valence-electron chi connectivity index (χ2n) is 4.50. The molecule has 0 fully saturated rings. The minimum atomic E-state index is -3.57. The Balaban J connectivity index is 2.53. The van der Waals surface area contributed by atoms with Crippen LogP contribution in [-0.4, -0.2) is 26.6 Å². The van der Waals surface area contributed by atoms with Crippen molar-refractivity contribution in [2.45, 2.75) is 13.3 Å². The molecule has 112 valence electrons. The summed E-state index contributed by atoms with van der Waals surface area (Å²) in [5.74, 6) is -0.874. The molecule has 0 radical (unpaired) electrons. The van der Waals surface area contributed by atoms with Crippen LogP contribution in [0.15, 0.2) is 18.2 Å². The lowest BCUT2D eigenvalue weighted by molar-refractivity contribution is -0.124. The molecule has 1 rings (SSSR count). The van der Waals surface area contributed by atoms with E-state index in [-0.39, 0.29) is 24.1 Å². The lowest BCUT2D eigenvalue weighted by atomic mass is 10.0. The van der Waals surface area contributed by atoms with Gasteiger partial charge in [-0.2, -0.15) is 0 Å². The lowest BCUT2D eigenvalue weighted by Crippen LogP contribution is -2.35. The molecule has 3 N–H and O–H groups in total. The topological polar surface area (TPSA) is 89.3 Å². The molecule has 1 atom stereocenters. The molecule has 0 saturated heterocycles. The molecule has 0 aliphatic heterocycles. The van der Waals surface area contributed by atoms with Crippen molar-refractivity contribution in [3.05, 3.63) is 33.8 Å². The van der Waals surface area contributed by atoms with E-state index in [0.29, 0.717) is 16.5 Å². The molecule has 0 aliphatic rings. The monoisotopic (exact) mass is 338 g/mol. The molecule has 0 aliphatic carbocycles. The standard InChI is InChI=1S/C12H16Cl2N2O3S/c1-8(12(17)16-4-5-20(15,18)19)6-9-2-3-10(13)7-11(9)14/h2-3,7-8H,4-6H2,1H3,(H,16,17)(H2,15,18,19)/t8-/m0/s1. The maximum Gasteiger partial charge on any atom is 0.223 e. The number of carbonyl (C=O) groups excluding carboxylic acids is 1. The molecule has 5 nitrogen and oxygen atoms in total. The van der Waals surface area contributed by atoms with Crippen LogP contribution in [0, 0.1) is 5.92 Å². The predicted molar refractivity (Wildman–Crippen MR) is 80.3 cm³/mol. The number of halogens is 2. The van der Waals surface area contributed by atoms with Gasteiger partial charge in [0.2, 0.25) is 15.9 Å². The van der Waals surface area contributed by atoms with Gasteiger partial charge in [-0.25, -0.2) is 13.6 Å². The first kappa shape index (κ1) is 17.2. The molecule has 1 amide bonds. The van der Waals surface area contributed by atoms with Gasteiger partial charge in [-0.15, -0.1) is 0 Å². The van der Waals surface area contributed by atoms with Gasteiger partial charge in [-0.3, -0.25) is 4.79 Å². The summed E-state index contributed by atoms with van der Waals surface area (Å²) >= 11 is 11.8. The van der Waals surface area contributed by atoms with Crippen molar-refractivity contribution in [2.75, 3.05) is 12.3 Å². The van der Waals surface area contributed by atoms with E-state index >= 15 is 0 Å². The average molecular weight is 339 g/mol. The van der Waals surface area contributed by atoms with Gasteiger partial charge in [0.15, 0.2) is 0 Å². The van der Waals surface area contributed by atoms with Crippen molar-refractivity contribution in [1.82, 2.24) is 5.32 Å². The third-order valence-corrected chi connectivity index (χ3v) is 4.03. The number of sulfonamides is 1. The van der Waals surface area contributed by atoms with E-state index in [2.05, 4.69) is 5.32 Å². The Labute approximate surface area is 128 Å². The molecule has 0 saturated carbocycles. The quantitative estimate of drug-likeness (QED) is 0.825. The van der Waals surface area contributed by atoms with Crippen molar-refractivity contribution in [3.63, 3.8) is 0 Å². The zero-order valence-corrected chi connectivity index (χ0v) is 13.2. The van der Waals surface area contributed by atoms with Gasteiger partial charge >= 0.3 is 0 Å². The predicted octanol–water partition coefficient (Wildman–Crippen LogP) is 1.58. The molecule has 20 heavy (non-hydrogen) atoms. The van der Waals surface area contributed by atoms with E-state index in [0.717, 1.165) is 5.56 Å². The Morgan fingerprint density at radius 2 is 2.05 bits per heavy atom. The molecular weight excluding hydrogens is 323 g/mol. The van der Waals surface area contributed by atoms with Crippen LogP contribution in [0.5, 0.6) is 0 Å². The Hall–Kier alpha value is -0.820. The molecule has 0 unspecified atom stereocenters. The van der Waals surface area contributed by atoms with Crippen molar-refractivity contribution in [2.24, 2.45) is 11.1 Å². The van der Waals surface area contributed by atoms with E-state index < -0.39 is 10.0 Å². The number of primary sulfonamides is 1. The number of rotatable bonds is 6. The van der Waals surface area contributed by atoms with Gasteiger partial charge in [-0.05, 0) is 24.1 Å². The third kappa shape index (κ3) is 6.09. The molecule has 1 aromatic carbocycles. The van der Waals surface area contributed by atoms with Crippen LogP contribution in [0.1, 0.15) is 12.5 Å². The maximum absolute atomic E-state index is 11.8. The Morgan fingerprint density at radius 3 is 2.60 bits per heavy atom. The summed E-state index contributed by atoms with van der Waals surface area (Å²) in [6, 6.07) is 5.08. The number of hydrogen-bond acceptors (Lipinski definition) is 3. The van der Waals surface area contributed by atoms with Crippen LogP contribution in [0.25, 0.3) is 0 Å². The Bertz CT molecular complexity index is 590. The second kappa shape index (κ2) is 7.26. The van der Waals surface area contributed by atoms with Gasteiger partial charge in [-0.1, -0.05) is 36.2 Å². The summed E-state index contributed by atoms with van der Waals surface area (Å²) in [6.45, 7) is 1.73. The fraction of sp³-hybridized carbons (Fsp3) is 0.417. The first-order chi connectivity index (χ1) is 9.19. The van der Waals surface area contributed by atoms with Crippen LogP contribution in [-0.2, 0) is 21.2 Å². The van der Waals surface area contributed by atoms with Crippen molar-refractivity contribution in [1.29, 1.82) is 0 Å². The van der Waals surface area contributed by atoms with Crippen LogP contribution in [0.2, 0.25) is 10.0 Å². The number of hydrogen-bond donors (Lipinski definition) is 2. The van der Waals surface area contributed by atoms with Crippen LogP contribution >= 0.6 is 23.2 Å². The summed E-state index contributed by atoms with van der Waals surface area (Å²) in [6.07, 6.45) is 0.442. The van der Waals surface area contributed by atoms with Gasteiger partial charge < -0.3 is 5.32 Å². The summed E-state index contributed by atoms with van der Waals surface area (Å²) in [7, 11) is -3.57. The zero-order chi connectivity index (χ0) is 15.3. The Kier molecular flexibility index (Phi) is 6.26. The normalized spacial score (nSPS) is 13.0. The number of amides is 1. The SMILES string of the molecule is C[C@@H](Cc1ccc(Cl)cc1Cl)C(=O)NCCS(N)(=O)=O. The van der Waals surface area contributed by atoms with Gasteiger partial charge in [0.1, 0.15) is 0 Å². The minimum absolute atomic E-state index is 0.00361. The second-order valence-corrected chi connectivity index (χ2v) is 7.08. The van der Waals surface area contributed by atoms with Gasteiger partial charge in [0, 0.05) is 22.5 Å². The molecule has 8 heteroatoms. The van der Waals surface area contributed by atoms with Crippen molar-refractivity contribution in [3.8, 4) is 0 Å². The van der Waals surface area contributed by atoms with Crippen LogP contribution in [0.4, 0.5) is 0 Å². The molecular formula is C12H16Cl2N2O3S. The van der Waals surface area contributed by atoms with E-state index in [9.17, 15) is 13.2 Å². The molecule has 0 bridgehead atoms.